The van der Waals surface area contributed by atoms with Crippen molar-refractivity contribution in [2.24, 2.45) is 0 Å². The summed E-state index contributed by atoms with van der Waals surface area (Å²) in [6, 6.07) is 3.67. The van der Waals surface area contributed by atoms with Crippen LogP contribution >= 0.6 is 11.6 Å². The number of sulfonamides is 1. The first-order chi connectivity index (χ1) is 9.43. The molecule has 1 saturated heterocycles. The molecule has 1 fully saturated rings. The van der Waals surface area contributed by atoms with Crippen molar-refractivity contribution in [1.82, 2.24) is 4.31 Å². The van der Waals surface area contributed by atoms with Gasteiger partial charge in [-0.05, 0) is 31.0 Å². The fraction of sp³-hybridized carbons (Fsp3) is 0.462. The largest absolute Gasteiger partial charge is 0.545 e. The van der Waals surface area contributed by atoms with Crippen LogP contribution in [0.2, 0.25) is 5.02 Å². The lowest BCUT2D eigenvalue weighted by molar-refractivity contribution is -0.255. The Labute approximate surface area is 123 Å². The van der Waals surface area contributed by atoms with Crippen LogP contribution in [0.1, 0.15) is 36.0 Å². The quantitative estimate of drug-likeness (QED) is 0.841. The molecule has 0 radical (unpaired) electrons. The van der Waals surface area contributed by atoms with Crippen molar-refractivity contribution in [2.75, 3.05) is 13.1 Å². The SMILES string of the molecule is O=C([O-])c1cc(S(=O)(=O)N2CCCCCC2)ccc1Cl. The third-order valence-corrected chi connectivity index (χ3v) is 5.58. The van der Waals surface area contributed by atoms with E-state index in [2.05, 4.69) is 0 Å². The number of halogens is 1. The number of hydrogen-bond donors (Lipinski definition) is 0. The smallest absolute Gasteiger partial charge is 0.243 e. The second-order valence-electron chi connectivity index (χ2n) is 4.75. The molecule has 0 amide bonds. The van der Waals surface area contributed by atoms with E-state index < -0.39 is 16.0 Å². The van der Waals surface area contributed by atoms with Crippen LogP contribution in [0.25, 0.3) is 0 Å². The third kappa shape index (κ3) is 3.13. The number of carbonyl (C=O) groups excluding carboxylic acids is 1. The van der Waals surface area contributed by atoms with Gasteiger partial charge in [0.1, 0.15) is 0 Å². The Hall–Kier alpha value is -1.11. The van der Waals surface area contributed by atoms with E-state index in [0.29, 0.717) is 13.1 Å². The molecule has 1 aliphatic rings. The molecule has 0 unspecified atom stereocenters. The molecule has 110 valence electrons. The van der Waals surface area contributed by atoms with Crippen LogP contribution < -0.4 is 5.11 Å². The van der Waals surface area contributed by atoms with Crippen LogP contribution in [0.5, 0.6) is 0 Å². The van der Waals surface area contributed by atoms with E-state index in [0.717, 1.165) is 31.7 Å². The molecule has 1 aromatic rings. The Morgan fingerprint density at radius 1 is 1.15 bits per heavy atom. The normalized spacial score (nSPS) is 17.6. The standard InChI is InChI=1S/C13H16ClNO4S/c14-12-6-5-10(9-11(12)13(16)17)20(18,19)15-7-3-1-2-4-8-15/h5-6,9H,1-4,7-8H2,(H,16,17)/p-1. The van der Waals surface area contributed by atoms with Gasteiger partial charge < -0.3 is 9.90 Å². The summed E-state index contributed by atoms with van der Waals surface area (Å²) in [6.07, 6.45) is 3.66. The Balaban J connectivity index is 2.38. The van der Waals surface area contributed by atoms with E-state index in [1.54, 1.807) is 0 Å². The molecule has 1 aliphatic heterocycles. The van der Waals surface area contributed by atoms with Gasteiger partial charge in [-0.25, -0.2) is 8.42 Å². The molecule has 0 aliphatic carbocycles. The second kappa shape index (κ2) is 6.11. The minimum atomic E-state index is -3.67. The highest BCUT2D eigenvalue weighted by atomic mass is 35.5. The molecule has 0 atom stereocenters. The summed E-state index contributed by atoms with van der Waals surface area (Å²) in [4.78, 5) is 10.9. The van der Waals surface area contributed by atoms with Crippen LogP contribution in [-0.4, -0.2) is 31.8 Å². The highest BCUT2D eigenvalue weighted by Gasteiger charge is 2.25. The monoisotopic (exact) mass is 316 g/mol. The molecule has 0 N–H and O–H groups in total. The minimum absolute atomic E-state index is 0.0279. The van der Waals surface area contributed by atoms with Crippen molar-refractivity contribution in [3.63, 3.8) is 0 Å². The number of carbonyl (C=O) groups is 1. The molecule has 2 rings (SSSR count). The van der Waals surface area contributed by atoms with Gasteiger partial charge in [-0.15, -0.1) is 0 Å². The molecule has 0 bridgehead atoms. The van der Waals surface area contributed by atoms with E-state index in [9.17, 15) is 18.3 Å². The van der Waals surface area contributed by atoms with Gasteiger partial charge in [-0.1, -0.05) is 24.4 Å². The highest BCUT2D eigenvalue weighted by Crippen LogP contribution is 2.24. The predicted octanol–water partition coefficient (Wildman–Crippen LogP) is 1.27. The molecule has 5 nitrogen and oxygen atoms in total. The highest BCUT2D eigenvalue weighted by molar-refractivity contribution is 7.89. The van der Waals surface area contributed by atoms with Gasteiger partial charge in [0.15, 0.2) is 0 Å². The maximum Gasteiger partial charge on any atom is 0.243 e. The Morgan fingerprint density at radius 3 is 2.30 bits per heavy atom. The Morgan fingerprint density at radius 2 is 1.75 bits per heavy atom. The number of hydrogen-bond acceptors (Lipinski definition) is 4. The van der Waals surface area contributed by atoms with Crippen molar-refractivity contribution in [3.05, 3.63) is 28.8 Å². The maximum atomic E-state index is 12.5. The molecule has 0 spiro atoms. The summed E-state index contributed by atoms with van der Waals surface area (Å²) < 4.78 is 26.4. The average molecular weight is 317 g/mol. The topological polar surface area (TPSA) is 77.5 Å². The summed E-state index contributed by atoms with van der Waals surface area (Å²) in [6.45, 7) is 0.928. The summed E-state index contributed by atoms with van der Waals surface area (Å²) in [5.41, 5.74) is -0.303. The lowest BCUT2D eigenvalue weighted by Gasteiger charge is -2.20. The summed E-state index contributed by atoms with van der Waals surface area (Å²) in [5, 5.41) is 10.9. The fourth-order valence-corrected chi connectivity index (χ4v) is 3.99. The van der Waals surface area contributed by atoms with E-state index in [1.165, 1.54) is 16.4 Å². The minimum Gasteiger partial charge on any atom is -0.545 e. The van der Waals surface area contributed by atoms with Crippen molar-refractivity contribution >= 4 is 27.6 Å². The number of carboxylic acid groups (broad SMARTS) is 1. The number of nitrogens with zero attached hydrogens (tertiary/aromatic N) is 1. The van der Waals surface area contributed by atoms with Crippen LogP contribution in [0, 0.1) is 0 Å². The van der Waals surface area contributed by atoms with Gasteiger partial charge in [0, 0.05) is 23.7 Å². The van der Waals surface area contributed by atoms with Gasteiger partial charge in [0.2, 0.25) is 10.0 Å². The van der Waals surface area contributed by atoms with E-state index in [4.69, 9.17) is 11.6 Å². The zero-order valence-corrected chi connectivity index (χ0v) is 12.4. The Bertz CT molecular complexity index is 607. The molecular weight excluding hydrogens is 302 g/mol. The second-order valence-corrected chi connectivity index (χ2v) is 7.09. The van der Waals surface area contributed by atoms with Crippen molar-refractivity contribution < 1.29 is 18.3 Å². The first-order valence-electron chi connectivity index (χ1n) is 6.44. The van der Waals surface area contributed by atoms with Gasteiger partial charge in [-0.2, -0.15) is 4.31 Å². The van der Waals surface area contributed by atoms with Crippen molar-refractivity contribution in [2.45, 2.75) is 30.6 Å². The first kappa shape index (κ1) is 15.3. The predicted molar refractivity (Wildman–Crippen MR) is 73.0 cm³/mol. The van der Waals surface area contributed by atoms with Gasteiger partial charge in [0.25, 0.3) is 0 Å². The molecular formula is C13H15ClNO4S-. The molecule has 7 heteroatoms. The molecule has 0 saturated carbocycles. The third-order valence-electron chi connectivity index (χ3n) is 3.36. The number of benzene rings is 1. The van der Waals surface area contributed by atoms with Gasteiger partial charge in [-0.3, -0.25) is 0 Å². The zero-order valence-electron chi connectivity index (χ0n) is 10.8. The van der Waals surface area contributed by atoms with Crippen molar-refractivity contribution in [3.8, 4) is 0 Å². The number of carboxylic acids is 1. The van der Waals surface area contributed by atoms with E-state index in [-0.39, 0.29) is 15.5 Å². The summed E-state index contributed by atoms with van der Waals surface area (Å²) in [7, 11) is -3.67. The van der Waals surface area contributed by atoms with Crippen molar-refractivity contribution in [1.29, 1.82) is 0 Å². The molecule has 1 heterocycles. The average Bonchev–Trinajstić information content (AvgIpc) is 2.67. The molecule has 20 heavy (non-hydrogen) atoms. The Kier molecular flexibility index (Phi) is 4.67. The maximum absolute atomic E-state index is 12.5. The van der Waals surface area contributed by atoms with E-state index in [1.807, 2.05) is 0 Å². The summed E-state index contributed by atoms with van der Waals surface area (Å²) in [5.74, 6) is -1.48. The lowest BCUT2D eigenvalue weighted by Crippen LogP contribution is -2.32. The molecule has 1 aromatic carbocycles. The van der Waals surface area contributed by atoms with Crippen LogP contribution in [0.3, 0.4) is 0 Å². The van der Waals surface area contributed by atoms with E-state index >= 15 is 0 Å². The van der Waals surface area contributed by atoms with Crippen LogP contribution in [-0.2, 0) is 10.0 Å². The van der Waals surface area contributed by atoms with Gasteiger partial charge in [0.05, 0.1) is 10.9 Å². The fourth-order valence-electron chi connectivity index (χ4n) is 2.25. The van der Waals surface area contributed by atoms with Crippen LogP contribution in [0.15, 0.2) is 23.1 Å². The first-order valence-corrected chi connectivity index (χ1v) is 8.26. The zero-order chi connectivity index (χ0) is 14.8. The van der Waals surface area contributed by atoms with Crippen LogP contribution in [0.4, 0.5) is 0 Å². The summed E-state index contributed by atoms with van der Waals surface area (Å²) >= 11 is 5.72. The number of aromatic carboxylic acids is 1. The lowest BCUT2D eigenvalue weighted by atomic mass is 10.2. The number of rotatable bonds is 3. The van der Waals surface area contributed by atoms with Gasteiger partial charge >= 0.3 is 0 Å². The molecule has 0 aromatic heterocycles.